The molecule has 1 heterocycles. The smallest absolute Gasteiger partial charge is 0.339 e. The van der Waals surface area contributed by atoms with Crippen LogP contribution in [0.1, 0.15) is 49.3 Å². The van der Waals surface area contributed by atoms with E-state index in [1.165, 1.54) is 12.7 Å². The Kier molecular flexibility index (Phi) is 5.04. The summed E-state index contributed by atoms with van der Waals surface area (Å²) < 4.78 is 10.6. The summed E-state index contributed by atoms with van der Waals surface area (Å²) in [4.78, 5) is 16.1. The number of rotatable bonds is 4. The van der Waals surface area contributed by atoms with Crippen LogP contribution in [0.25, 0.3) is 0 Å². The van der Waals surface area contributed by atoms with Gasteiger partial charge < -0.3 is 9.47 Å². The normalized spacial score (nSPS) is 11.2. The van der Waals surface area contributed by atoms with Crippen LogP contribution in [0.15, 0.2) is 36.4 Å². The summed E-state index contributed by atoms with van der Waals surface area (Å²) in [6.07, 6.45) is 0.629. The Morgan fingerprint density at radius 2 is 1.91 bits per heavy atom. The van der Waals surface area contributed by atoms with Gasteiger partial charge in [-0.05, 0) is 35.6 Å². The van der Waals surface area contributed by atoms with E-state index in [1.54, 1.807) is 12.1 Å². The molecule has 0 amide bonds. The van der Waals surface area contributed by atoms with Crippen molar-refractivity contribution in [2.45, 2.75) is 39.5 Å². The van der Waals surface area contributed by atoms with Crippen LogP contribution < -0.4 is 4.74 Å². The summed E-state index contributed by atoms with van der Waals surface area (Å²) in [5.41, 5.74) is 2.39. The minimum Gasteiger partial charge on any atom is -0.465 e. The van der Waals surface area contributed by atoms with Crippen molar-refractivity contribution in [2.75, 3.05) is 7.11 Å². The number of hydrogen-bond acceptors (Lipinski definition) is 4. The lowest BCUT2D eigenvalue weighted by atomic mass is 9.87. The largest absolute Gasteiger partial charge is 0.465 e. The van der Waals surface area contributed by atoms with Crippen molar-refractivity contribution in [1.82, 2.24) is 4.98 Å². The summed E-state index contributed by atoms with van der Waals surface area (Å²) in [7, 11) is 1.37. The van der Waals surface area contributed by atoms with E-state index in [0.717, 1.165) is 5.75 Å². The Morgan fingerprint density at radius 1 is 1.17 bits per heavy atom. The van der Waals surface area contributed by atoms with Crippen LogP contribution >= 0.6 is 0 Å². The average Bonchev–Trinajstić information content (AvgIpc) is 2.53. The molecule has 0 aliphatic carbocycles. The molecule has 23 heavy (non-hydrogen) atoms. The molecule has 1 aromatic carbocycles. The molecule has 0 radical (unpaired) electrons. The molecule has 1 aromatic heterocycles. The second kappa shape index (κ2) is 6.82. The van der Waals surface area contributed by atoms with Crippen LogP contribution in [0, 0.1) is 0 Å². The summed E-state index contributed by atoms with van der Waals surface area (Å²) in [5, 5.41) is 0. The summed E-state index contributed by atoms with van der Waals surface area (Å²) in [6, 6.07) is 11.4. The van der Waals surface area contributed by atoms with E-state index in [4.69, 9.17) is 9.47 Å². The fourth-order valence-electron chi connectivity index (χ4n) is 2.25. The number of pyridine rings is 1. The van der Waals surface area contributed by atoms with Crippen LogP contribution in [0.5, 0.6) is 11.6 Å². The van der Waals surface area contributed by atoms with Gasteiger partial charge in [0, 0.05) is 6.07 Å². The summed E-state index contributed by atoms with van der Waals surface area (Å²) >= 11 is 0. The number of aryl methyl sites for hydroxylation is 1. The highest BCUT2D eigenvalue weighted by atomic mass is 16.5. The molecule has 0 aliphatic heterocycles. The predicted octanol–water partition coefficient (Wildman–Crippen LogP) is 4.52. The molecular formula is C19H23NO3. The van der Waals surface area contributed by atoms with Crippen molar-refractivity contribution in [1.29, 1.82) is 0 Å². The van der Waals surface area contributed by atoms with Crippen molar-refractivity contribution in [2.24, 2.45) is 0 Å². The fraction of sp³-hybridized carbons (Fsp3) is 0.368. The van der Waals surface area contributed by atoms with Gasteiger partial charge in [0.15, 0.2) is 0 Å². The topological polar surface area (TPSA) is 48.4 Å². The van der Waals surface area contributed by atoms with Gasteiger partial charge in [-0.1, -0.05) is 39.8 Å². The van der Waals surface area contributed by atoms with E-state index in [9.17, 15) is 4.79 Å². The van der Waals surface area contributed by atoms with Crippen molar-refractivity contribution in [3.8, 4) is 11.6 Å². The molecule has 0 N–H and O–H groups in total. The van der Waals surface area contributed by atoms with Crippen LogP contribution in [-0.4, -0.2) is 18.1 Å². The third-order valence-corrected chi connectivity index (χ3v) is 3.61. The molecule has 0 saturated heterocycles. The van der Waals surface area contributed by atoms with E-state index in [0.29, 0.717) is 23.6 Å². The van der Waals surface area contributed by atoms with Crippen LogP contribution in [-0.2, 0) is 16.6 Å². The quantitative estimate of drug-likeness (QED) is 0.779. The number of esters is 1. The molecule has 0 atom stereocenters. The molecule has 0 spiro atoms. The van der Waals surface area contributed by atoms with E-state index in [1.807, 2.05) is 25.1 Å². The van der Waals surface area contributed by atoms with Gasteiger partial charge in [-0.25, -0.2) is 9.78 Å². The lowest BCUT2D eigenvalue weighted by Crippen LogP contribution is -2.10. The SMILES string of the molecule is CCc1nc(Oc2cccc(C(C)(C)C)c2)ccc1C(=O)OC. The van der Waals surface area contributed by atoms with Gasteiger partial charge in [-0.3, -0.25) is 0 Å². The molecule has 0 fully saturated rings. The van der Waals surface area contributed by atoms with E-state index in [-0.39, 0.29) is 11.4 Å². The van der Waals surface area contributed by atoms with Crippen molar-refractivity contribution in [3.63, 3.8) is 0 Å². The average molecular weight is 313 g/mol. The van der Waals surface area contributed by atoms with Gasteiger partial charge in [0.05, 0.1) is 18.4 Å². The van der Waals surface area contributed by atoms with E-state index >= 15 is 0 Å². The van der Waals surface area contributed by atoms with Crippen LogP contribution in [0.4, 0.5) is 0 Å². The Balaban J connectivity index is 2.29. The highest BCUT2D eigenvalue weighted by Gasteiger charge is 2.16. The Labute approximate surface area is 137 Å². The standard InChI is InChI=1S/C19H23NO3/c1-6-16-15(18(21)22-5)10-11-17(20-16)23-14-9-7-8-13(12-14)19(2,3)4/h7-12H,6H2,1-5H3. The van der Waals surface area contributed by atoms with Gasteiger partial charge in [0.25, 0.3) is 0 Å². The minimum absolute atomic E-state index is 0.0517. The highest BCUT2D eigenvalue weighted by Crippen LogP contribution is 2.28. The second-order valence-corrected chi connectivity index (χ2v) is 6.37. The fourth-order valence-corrected chi connectivity index (χ4v) is 2.25. The maximum atomic E-state index is 11.7. The molecule has 4 heteroatoms. The molecule has 2 rings (SSSR count). The lowest BCUT2D eigenvalue weighted by Gasteiger charge is -2.19. The molecule has 0 saturated carbocycles. The van der Waals surface area contributed by atoms with Crippen molar-refractivity contribution >= 4 is 5.97 Å². The van der Waals surface area contributed by atoms with Gasteiger partial charge in [-0.15, -0.1) is 0 Å². The Morgan fingerprint density at radius 3 is 2.52 bits per heavy atom. The first-order chi connectivity index (χ1) is 10.8. The Bertz CT molecular complexity index is 702. The number of hydrogen-bond donors (Lipinski definition) is 0. The first kappa shape index (κ1) is 17.0. The first-order valence-corrected chi connectivity index (χ1v) is 7.71. The lowest BCUT2D eigenvalue weighted by molar-refractivity contribution is 0.0599. The second-order valence-electron chi connectivity index (χ2n) is 6.37. The number of benzene rings is 1. The number of carbonyl (C=O) groups is 1. The molecule has 122 valence electrons. The third kappa shape index (κ3) is 4.09. The monoisotopic (exact) mass is 313 g/mol. The number of nitrogens with zero attached hydrogens (tertiary/aromatic N) is 1. The molecular weight excluding hydrogens is 290 g/mol. The van der Waals surface area contributed by atoms with Crippen LogP contribution in [0.3, 0.4) is 0 Å². The zero-order valence-electron chi connectivity index (χ0n) is 14.3. The van der Waals surface area contributed by atoms with Gasteiger partial charge in [0.1, 0.15) is 5.75 Å². The predicted molar refractivity (Wildman–Crippen MR) is 90.2 cm³/mol. The molecule has 0 aliphatic rings. The maximum absolute atomic E-state index is 11.7. The van der Waals surface area contributed by atoms with E-state index in [2.05, 4.69) is 31.8 Å². The van der Waals surface area contributed by atoms with Crippen molar-refractivity contribution < 1.29 is 14.3 Å². The van der Waals surface area contributed by atoms with Gasteiger partial charge in [-0.2, -0.15) is 0 Å². The highest BCUT2D eigenvalue weighted by molar-refractivity contribution is 5.90. The van der Waals surface area contributed by atoms with E-state index < -0.39 is 0 Å². The summed E-state index contributed by atoms with van der Waals surface area (Å²) in [5.74, 6) is 0.828. The number of carbonyl (C=O) groups excluding carboxylic acids is 1. The molecule has 2 aromatic rings. The maximum Gasteiger partial charge on any atom is 0.339 e. The molecule has 0 bridgehead atoms. The number of aromatic nitrogens is 1. The molecule has 4 nitrogen and oxygen atoms in total. The zero-order valence-corrected chi connectivity index (χ0v) is 14.3. The van der Waals surface area contributed by atoms with Crippen molar-refractivity contribution in [3.05, 3.63) is 53.2 Å². The minimum atomic E-state index is -0.379. The number of methoxy groups -OCH3 is 1. The van der Waals surface area contributed by atoms with Gasteiger partial charge in [0.2, 0.25) is 5.88 Å². The first-order valence-electron chi connectivity index (χ1n) is 7.71. The number of ether oxygens (including phenoxy) is 2. The molecule has 0 unspecified atom stereocenters. The third-order valence-electron chi connectivity index (χ3n) is 3.61. The summed E-state index contributed by atoms with van der Waals surface area (Å²) in [6.45, 7) is 8.42. The van der Waals surface area contributed by atoms with Crippen LogP contribution in [0.2, 0.25) is 0 Å². The zero-order chi connectivity index (χ0) is 17.0. The Hall–Kier alpha value is -2.36. The van der Waals surface area contributed by atoms with Gasteiger partial charge >= 0.3 is 5.97 Å².